The Hall–Kier alpha value is -16.3. The lowest BCUT2D eigenvalue weighted by Gasteiger charge is -2.30. The maximum atomic E-state index is 12.6. The van der Waals surface area contributed by atoms with Gasteiger partial charge in [0, 0.05) is 148 Å². The quantitative estimate of drug-likeness (QED) is 0.0543. The molecule has 3 fully saturated rings. The number of rotatable bonds is 24. The van der Waals surface area contributed by atoms with Gasteiger partial charge < -0.3 is 13.9 Å². The second-order valence-corrected chi connectivity index (χ2v) is 40.2. The highest BCUT2D eigenvalue weighted by molar-refractivity contribution is 7.12. The normalized spacial score (nSPS) is 13.2. The van der Waals surface area contributed by atoms with Crippen molar-refractivity contribution in [2.75, 3.05) is 13.1 Å². The van der Waals surface area contributed by atoms with E-state index in [1.807, 2.05) is 294 Å². The number of thiophene rings is 6. The van der Waals surface area contributed by atoms with Crippen molar-refractivity contribution < 1.29 is 42.8 Å². The monoisotopic (exact) mass is 2090 g/mol. The first-order valence-electron chi connectivity index (χ1n) is 47.8. The van der Waals surface area contributed by atoms with Crippen LogP contribution in [0.15, 0.2) is 329 Å². The Balaban J connectivity index is 0.000000124. The molecule has 0 spiro atoms. The summed E-state index contributed by atoms with van der Waals surface area (Å²) >= 11 is 15.7. The number of carbonyl (C=O) groups excluding carboxylic acids is 8. The summed E-state index contributed by atoms with van der Waals surface area (Å²) in [5.41, 5.74) is 10.1. The highest BCUT2D eigenvalue weighted by Gasteiger charge is 2.29. The predicted molar refractivity (Wildman–Crippen MR) is 594 cm³/mol. The number of furan rings is 1. The van der Waals surface area contributed by atoms with E-state index in [1.54, 1.807) is 188 Å². The summed E-state index contributed by atoms with van der Waals surface area (Å²) < 4.78 is 18.5. The lowest BCUT2D eigenvalue weighted by molar-refractivity contribution is -0.130. The van der Waals surface area contributed by atoms with Gasteiger partial charge in [-0.1, -0.05) is 110 Å². The fourth-order valence-corrected chi connectivity index (χ4v) is 19.3. The van der Waals surface area contributed by atoms with Crippen LogP contribution >= 0.6 is 79.6 Å². The molecule has 2 aliphatic carbocycles. The molecule has 17 heterocycles. The van der Waals surface area contributed by atoms with Gasteiger partial charge in [-0.2, -0.15) is 52.1 Å². The van der Waals surface area contributed by atoms with Crippen LogP contribution < -0.4 is 0 Å². The molecule has 0 unspecified atom stereocenters. The summed E-state index contributed by atoms with van der Waals surface area (Å²) in [6, 6.07) is 68.5. The molecule has 27 nitrogen and oxygen atoms in total. The number of benzene rings is 3. The molecule has 3 aromatic carbocycles. The summed E-state index contributed by atoms with van der Waals surface area (Å²) in [6.07, 6.45) is 56.5. The highest BCUT2D eigenvalue weighted by Crippen LogP contribution is 2.31. The third-order valence-corrected chi connectivity index (χ3v) is 28.8. The standard InChI is InChI=1S/C21H16N4O.C17H13ClN2OS.C17H19N3O2S.C16H18N2OS.C15H13N3O2.C14H10N2OS2.C14H14N2OS/c26-21(18-8-11-20(12-9-18)24-15-4-14-22-24)25-16-13-19(23-25)10-7-17-5-2-1-3-6-17;18-14-5-3-13(4-6-14)12-17(21)20-10-9-15(19-20)7-8-16-2-1-11-22-16;1-13(21)19-9-6-14(7-10-19)17(22)20-11-8-15(18-20)4-5-16-3-2-12-23-16;19-16(12-13-4-1-2-5-13)18-10-9-14(17-18)7-8-15-6-3-11-20-15;1-17-9-2-5-14(17)15(19)18-10-8-12(16-18)6-7-13-4-3-11-20-13;17-14(11-6-9-18-10-11)16-7-5-12(15-16)3-4-13-2-1-8-19-13;17-14(11-3-1-4-11)16-9-8-12(15-16)6-7-13-5-2-10-18-13/h1-16H;1-11H,12H2;2-5,8,11-12,14H,6-7,9-10H2,1H3;3,6-11,13H,1-2,4-5,12H2;2-11H,1H3;1-10H;2,5-11H,1,3-4H2/b10-7+;8-7+;5-4+;8-7+;7-6+;4-3+;7-6+. The summed E-state index contributed by atoms with van der Waals surface area (Å²) in [5, 5.41) is 48.8. The number of nitrogens with zero attached hydrogens (tertiary/aromatic N) is 18. The molecule has 746 valence electrons. The molecule has 0 radical (unpaired) electrons. The molecule has 22 rings (SSSR count). The van der Waals surface area contributed by atoms with Crippen LogP contribution in [0.1, 0.15) is 203 Å². The maximum absolute atomic E-state index is 12.6. The average molecular weight is 2100 g/mol. The Morgan fingerprint density at radius 3 is 1.23 bits per heavy atom. The summed E-state index contributed by atoms with van der Waals surface area (Å²) in [7, 11) is 1.83. The smallest absolute Gasteiger partial charge is 0.294 e. The van der Waals surface area contributed by atoms with E-state index >= 15 is 0 Å². The van der Waals surface area contributed by atoms with Gasteiger partial charge in [0.2, 0.25) is 23.6 Å². The van der Waals surface area contributed by atoms with E-state index in [9.17, 15) is 38.4 Å². The van der Waals surface area contributed by atoms with Crippen LogP contribution in [-0.2, 0) is 18.3 Å². The van der Waals surface area contributed by atoms with E-state index in [1.165, 1.54) is 90.8 Å². The molecular formula is C114H103ClN18O9S6. The molecule has 0 atom stereocenters. The zero-order valence-corrected chi connectivity index (χ0v) is 86.4. The molecule has 34 heteroatoms. The van der Waals surface area contributed by atoms with Crippen LogP contribution in [0.4, 0.5) is 0 Å². The minimum atomic E-state index is -0.170. The molecule has 1 amide bonds. The number of aromatic nitrogens is 17. The lowest BCUT2D eigenvalue weighted by Crippen LogP contribution is -2.40. The summed E-state index contributed by atoms with van der Waals surface area (Å²) in [5.74, 6) is 1.30. The summed E-state index contributed by atoms with van der Waals surface area (Å²) in [4.78, 5) is 105. The van der Waals surface area contributed by atoms with Crippen LogP contribution in [0.3, 0.4) is 0 Å². The third kappa shape index (κ3) is 31.1. The number of carbonyl (C=O) groups is 8. The van der Waals surface area contributed by atoms with Crippen molar-refractivity contribution in [3.8, 4) is 5.69 Å². The Morgan fingerprint density at radius 1 is 0.372 bits per heavy atom. The number of hydrogen-bond acceptors (Lipinski definition) is 23. The molecule has 1 saturated heterocycles. The van der Waals surface area contributed by atoms with Crippen molar-refractivity contribution in [3.63, 3.8) is 0 Å². The van der Waals surface area contributed by atoms with Crippen molar-refractivity contribution in [2.24, 2.45) is 24.8 Å². The molecule has 2 saturated carbocycles. The molecule has 0 bridgehead atoms. The zero-order valence-electron chi connectivity index (χ0n) is 80.7. The number of likely N-dealkylation sites (tertiary alicyclic amines) is 1. The molecule has 1 aliphatic heterocycles. The highest BCUT2D eigenvalue weighted by atomic mass is 35.5. The lowest BCUT2D eigenvalue weighted by atomic mass is 9.85. The van der Waals surface area contributed by atoms with Crippen molar-refractivity contribution in [1.82, 2.24) is 87.7 Å². The second-order valence-electron chi connectivity index (χ2n) is 34.1. The molecule has 0 N–H and O–H groups in total. The minimum Gasteiger partial charge on any atom is -0.465 e. The number of aryl methyl sites for hydroxylation is 1. The van der Waals surface area contributed by atoms with E-state index in [4.69, 9.17) is 16.0 Å². The summed E-state index contributed by atoms with van der Waals surface area (Å²) in [6.45, 7) is 2.87. The molecule has 16 aromatic heterocycles. The number of halogens is 1. The third-order valence-electron chi connectivity index (χ3n) is 23.6. The Bertz CT molecular complexity index is 7660. The predicted octanol–water partition coefficient (Wildman–Crippen LogP) is 26.0. The first-order valence-corrected chi connectivity index (χ1v) is 53.5. The zero-order chi connectivity index (χ0) is 103. The van der Waals surface area contributed by atoms with Gasteiger partial charge >= 0.3 is 0 Å². The van der Waals surface area contributed by atoms with E-state index in [0.29, 0.717) is 72.2 Å². The molecular weight excluding hydrogens is 1990 g/mol. The number of amides is 1. The van der Waals surface area contributed by atoms with E-state index in [2.05, 4.69) is 52.9 Å². The second kappa shape index (κ2) is 53.5. The molecule has 19 aromatic rings. The van der Waals surface area contributed by atoms with E-state index in [-0.39, 0.29) is 59.1 Å². The van der Waals surface area contributed by atoms with Gasteiger partial charge in [-0.25, -0.2) is 37.5 Å². The topological polar surface area (TPSA) is 300 Å². The molecule has 148 heavy (non-hydrogen) atoms. The van der Waals surface area contributed by atoms with Crippen LogP contribution in [0.5, 0.6) is 0 Å². The Labute approximate surface area is 884 Å². The Morgan fingerprint density at radius 2 is 0.811 bits per heavy atom. The van der Waals surface area contributed by atoms with Crippen molar-refractivity contribution >= 4 is 212 Å². The van der Waals surface area contributed by atoms with Gasteiger partial charge in [0.1, 0.15) is 11.5 Å². The van der Waals surface area contributed by atoms with E-state index < -0.39 is 0 Å². The van der Waals surface area contributed by atoms with Gasteiger partial charge in [-0.3, -0.25) is 38.4 Å². The SMILES string of the molecule is CC(=O)N1CCC(C(=O)n2ccc(/C=C/c3cccs3)n2)CC1.Cn1cccc1C(=O)n1ccc(/C=C/c2ccco2)n1.O=C(C1CCC1)n1ccc(/C=C/c2cccs2)n1.O=C(CC1CCCC1)n1ccc(/C=C/c2cccs2)n1.O=C(Cc1ccc(Cl)cc1)n1ccc(/C=C/c2cccs2)n1.O=C(c1ccc(-n2cccn2)cc1)n1ccc(/C=C/c2ccccc2)n1.O=C(c1ccsc1)n1ccc(/C=C/c2cccs2)n1. The van der Waals surface area contributed by atoms with Gasteiger partial charge in [-0.05, 0) is 312 Å². The van der Waals surface area contributed by atoms with Gasteiger partial charge in [0.25, 0.3) is 23.6 Å². The minimum absolute atomic E-state index is 0.0176. The molecule has 3 aliphatic rings. The van der Waals surface area contributed by atoms with Crippen LogP contribution in [0, 0.1) is 17.8 Å². The van der Waals surface area contributed by atoms with Crippen LogP contribution in [0.2, 0.25) is 5.02 Å². The Kier molecular flexibility index (Phi) is 37.8. The van der Waals surface area contributed by atoms with E-state index in [0.717, 1.165) is 79.3 Å². The van der Waals surface area contributed by atoms with Crippen molar-refractivity contribution in [3.05, 3.63) is 427 Å². The van der Waals surface area contributed by atoms with Gasteiger partial charge in [0.05, 0.1) is 63.8 Å². The maximum Gasteiger partial charge on any atom is 0.294 e. The fraction of sp³-hybridized carbons (Fsp3) is 0.158. The van der Waals surface area contributed by atoms with Gasteiger partial charge in [-0.15, -0.1) is 56.7 Å². The van der Waals surface area contributed by atoms with Crippen molar-refractivity contribution in [2.45, 2.75) is 77.6 Å². The fourth-order valence-electron chi connectivity index (χ4n) is 15.4. The van der Waals surface area contributed by atoms with Crippen LogP contribution in [0.25, 0.3) is 90.8 Å². The first-order chi connectivity index (χ1) is 72.3. The van der Waals surface area contributed by atoms with Crippen molar-refractivity contribution in [1.29, 1.82) is 0 Å². The first kappa shape index (κ1) is 105. The largest absolute Gasteiger partial charge is 0.465 e. The number of piperidine rings is 1. The van der Waals surface area contributed by atoms with Gasteiger partial charge in [0.15, 0.2) is 0 Å². The van der Waals surface area contributed by atoms with Crippen LogP contribution in [-0.4, -0.2) is 148 Å². The number of hydrogen-bond donors (Lipinski definition) is 0. The average Bonchev–Trinajstić information content (AvgIpc) is 1.66.